The molecular weight excluding hydrogens is 319 g/mol. The van der Waals surface area contributed by atoms with Crippen molar-refractivity contribution in [1.29, 1.82) is 0 Å². The smallest absolute Gasteiger partial charge is 0.166 e. The number of hydrogen-bond donors (Lipinski definition) is 0. The Hall–Kier alpha value is -0.900. The molecule has 0 saturated heterocycles. The Labute approximate surface area is 122 Å². The molecule has 0 saturated carbocycles. The van der Waals surface area contributed by atoms with Crippen molar-refractivity contribution in [2.45, 2.75) is 6.18 Å². The summed E-state index contributed by atoms with van der Waals surface area (Å²) < 4.78 is 37.4. The highest BCUT2D eigenvalue weighted by atomic mass is 35.5. The average Bonchev–Trinajstić information content (AvgIpc) is 2.27. The van der Waals surface area contributed by atoms with Gasteiger partial charge in [0.2, 0.25) is 0 Å². The summed E-state index contributed by atoms with van der Waals surface area (Å²) in [6, 6.07) is 7.59. The standard InChI is InChI=1S/C13H6Cl3F3/c14-9-5-10(15)12(11(16)6-9)7-1-3-8(4-2-7)13(17,18)19/h1-6H. The van der Waals surface area contributed by atoms with Gasteiger partial charge in [-0.15, -0.1) is 0 Å². The van der Waals surface area contributed by atoms with E-state index in [1.165, 1.54) is 24.3 Å². The summed E-state index contributed by atoms with van der Waals surface area (Å²) >= 11 is 17.8. The van der Waals surface area contributed by atoms with E-state index in [4.69, 9.17) is 34.8 Å². The van der Waals surface area contributed by atoms with Crippen LogP contribution in [-0.4, -0.2) is 0 Å². The minimum absolute atomic E-state index is 0.289. The molecule has 6 heteroatoms. The van der Waals surface area contributed by atoms with E-state index in [1.54, 1.807) is 0 Å². The molecule has 0 aliphatic rings. The second-order valence-electron chi connectivity index (χ2n) is 3.82. The highest BCUT2D eigenvalue weighted by Gasteiger charge is 2.30. The summed E-state index contributed by atoms with van der Waals surface area (Å²) in [5.74, 6) is 0. The molecule has 0 aliphatic heterocycles. The molecule has 0 heterocycles. The van der Waals surface area contributed by atoms with Gasteiger partial charge < -0.3 is 0 Å². The molecule has 2 aromatic rings. The number of halogens is 6. The summed E-state index contributed by atoms with van der Waals surface area (Å²) in [6.07, 6.45) is -4.37. The van der Waals surface area contributed by atoms with Gasteiger partial charge in [-0.05, 0) is 29.8 Å². The molecule has 0 spiro atoms. The first kappa shape index (κ1) is 14.5. The first-order valence-electron chi connectivity index (χ1n) is 5.11. The molecule has 0 aliphatic carbocycles. The van der Waals surface area contributed by atoms with E-state index in [9.17, 15) is 13.2 Å². The van der Waals surface area contributed by atoms with Gasteiger partial charge in [0.25, 0.3) is 0 Å². The van der Waals surface area contributed by atoms with Crippen LogP contribution in [0.5, 0.6) is 0 Å². The molecule has 0 amide bonds. The van der Waals surface area contributed by atoms with E-state index < -0.39 is 11.7 Å². The van der Waals surface area contributed by atoms with E-state index in [-0.39, 0.29) is 10.0 Å². The Kier molecular flexibility index (Phi) is 4.00. The van der Waals surface area contributed by atoms with Gasteiger partial charge in [0.05, 0.1) is 15.6 Å². The molecule has 2 rings (SSSR count). The molecule has 0 radical (unpaired) electrons. The van der Waals surface area contributed by atoms with Crippen molar-refractivity contribution in [2.24, 2.45) is 0 Å². The fourth-order valence-electron chi connectivity index (χ4n) is 1.64. The molecule has 0 fully saturated rings. The fraction of sp³-hybridized carbons (Fsp3) is 0.0769. The van der Waals surface area contributed by atoms with Crippen molar-refractivity contribution in [1.82, 2.24) is 0 Å². The van der Waals surface area contributed by atoms with Crippen molar-refractivity contribution in [3.63, 3.8) is 0 Å². The van der Waals surface area contributed by atoms with Gasteiger partial charge in [0.15, 0.2) is 0 Å². The predicted octanol–water partition coefficient (Wildman–Crippen LogP) is 6.33. The average molecular weight is 326 g/mol. The normalized spacial score (nSPS) is 11.7. The van der Waals surface area contributed by atoms with Gasteiger partial charge in [-0.1, -0.05) is 46.9 Å². The summed E-state index contributed by atoms with van der Waals surface area (Å²) in [6.45, 7) is 0. The zero-order valence-electron chi connectivity index (χ0n) is 9.23. The van der Waals surface area contributed by atoms with Crippen LogP contribution in [0.25, 0.3) is 11.1 Å². The van der Waals surface area contributed by atoms with Crippen LogP contribution in [0, 0.1) is 0 Å². The van der Waals surface area contributed by atoms with Gasteiger partial charge in [0.1, 0.15) is 0 Å². The Bertz CT molecular complexity index is 581. The maximum absolute atomic E-state index is 12.5. The van der Waals surface area contributed by atoms with Crippen molar-refractivity contribution in [3.8, 4) is 11.1 Å². The molecule has 0 unspecified atom stereocenters. The maximum Gasteiger partial charge on any atom is 0.416 e. The SMILES string of the molecule is FC(F)(F)c1ccc(-c2c(Cl)cc(Cl)cc2Cl)cc1. The second kappa shape index (κ2) is 5.23. The molecule has 0 bridgehead atoms. The number of alkyl halides is 3. The lowest BCUT2D eigenvalue weighted by Gasteiger charge is -2.10. The molecule has 0 atom stereocenters. The molecule has 0 aromatic heterocycles. The van der Waals surface area contributed by atoms with Crippen molar-refractivity contribution < 1.29 is 13.2 Å². The molecule has 0 N–H and O–H groups in total. The van der Waals surface area contributed by atoms with Crippen LogP contribution in [0.15, 0.2) is 36.4 Å². The van der Waals surface area contributed by atoms with Crippen molar-refractivity contribution in [3.05, 3.63) is 57.0 Å². The zero-order chi connectivity index (χ0) is 14.2. The van der Waals surface area contributed by atoms with Crippen LogP contribution >= 0.6 is 34.8 Å². The summed E-state index contributed by atoms with van der Waals surface area (Å²) in [4.78, 5) is 0. The van der Waals surface area contributed by atoms with Gasteiger partial charge in [0, 0.05) is 10.6 Å². The van der Waals surface area contributed by atoms with Crippen LogP contribution in [0.3, 0.4) is 0 Å². The molecule has 2 aromatic carbocycles. The van der Waals surface area contributed by atoms with Crippen LogP contribution in [-0.2, 0) is 6.18 Å². The van der Waals surface area contributed by atoms with Crippen molar-refractivity contribution >= 4 is 34.8 Å². The first-order chi connectivity index (χ1) is 8.79. The maximum atomic E-state index is 12.5. The third-order valence-electron chi connectivity index (χ3n) is 2.51. The topological polar surface area (TPSA) is 0 Å². The lowest BCUT2D eigenvalue weighted by atomic mass is 10.0. The van der Waals surface area contributed by atoms with Crippen LogP contribution in [0.4, 0.5) is 13.2 Å². The molecule has 0 nitrogen and oxygen atoms in total. The highest BCUT2D eigenvalue weighted by molar-refractivity contribution is 6.41. The quantitative estimate of drug-likeness (QED) is 0.574. The minimum atomic E-state index is -4.37. The summed E-state index contributed by atoms with van der Waals surface area (Å²) in [5.41, 5.74) is 0.235. The predicted molar refractivity (Wildman–Crippen MR) is 71.9 cm³/mol. The van der Waals surface area contributed by atoms with E-state index in [2.05, 4.69) is 0 Å². The van der Waals surface area contributed by atoms with E-state index in [1.807, 2.05) is 0 Å². The van der Waals surface area contributed by atoms with Gasteiger partial charge >= 0.3 is 6.18 Å². The Balaban J connectivity index is 2.49. The lowest BCUT2D eigenvalue weighted by molar-refractivity contribution is -0.137. The minimum Gasteiger partial charge on any atom is -0.166 e. The van der Waals surface area contributed by atoms with Gasteiger partial charge in [-0.25, -0.2) is 0 Å². The molecule has 100 valence electrons. The summed E-state index contributed by atoms with van der Waals surface area (Å²) in [5, 5.41) is 0.945. The van der Waals surface area contributed by atoms with E-state index in [0.29, 0.717) is 16.1 Å². The highest BCUT2D eigenvalue weighted by Crippen LogP contribution is 2.38. The van der Waals surface area contributed by atoms with Crippen LogP contribution in [0.2, 0.25) is 15.1 Å². The Morgan fingerprint density at radius 1 is 0.789 bits per heavy atom. The monoisotopic (exact) mass is 324 g/mol. The third-order valence-corrected chi connectivity index (χ3v) is 3.32. The lowest BCUT2D eigenvalue weighted by Crippen LogP contribution is -2.04. The fourth-order valence-corrected chi connectivity index (χ4v) is 2.68. The van der Waals surface area contributed by atoms with E-state index in [0.717, 1.165) is 12.1 Å². The second-order valence-corrected chi connectivity index (χ2v) is 5.07. The first-order valence-corrected chi connectivity index (χ1v) is 6.24. The number of benzene rings is 2. The van der Waals surface area contributed by atoms with Gasteiger partial charge in [-0.2, -0.15) is 13.2 Å². The van der Waals surface area contributed by atoms with Crippen LogP contribution in [0.1, 0.15) is 5.56 Å². The summed E-state index contributed by atoms with van der Waals surface area (Å²) in [7, 11) is 0. The number of rotatable bonds is 1. The third kappa shape index (κ3) is 3.16. The van der Waals surface area contributed by atoms with E-state index >= 15 is 0 Å². The number of hydrogen-bond acceptors (Lipinski definition) is 0. The largest absolute Gasteiger partial charge is 0.416 e. The Morgan fingerprint density at radius 3 is 1.68 bits per heavy atom. The molecular formula is C13H6Cl3F3. The van der Waals surface area contributed by atoms with Crippen LogP contribution < -0.4 is 0 Å². The van der Waals surface area contributed by atoms with Crippen molar-refractivity contribution in [2.75, 3.05) is 0 Å². The Morgan fingerprint density at radius 2 is 1.26 bits per heavy atom. The van der Waals surface area contributed by atoms with Gasteiger partial charge in [-0.3, -0.25) is 0 Å². The zero-order valence-corrected chi connectivity index (χ0v) is 11.5. The molecule has 19 heavy (non-hydrogen) atoms.